The maximum atomic E-state index is 12.1. The molecular formula is C20H24N2O3. The number of nitrogens with zero attached hydrogens (tertiary/aromatic N) is 1. The average Bonchev–Trinajstić information content (AvgIpc) is 2.61. The first-order valence-electron chi connectivity index (χ1n) is 8.56. The molecule has 1 fully saturated rings. The molecule has 0 unspecified atom stereocenters. The van der Waals surface area contributed by atoms with Crippen LogP contribution in [0, 0.1) is 13.8 Å². The normalized spacial score (nSPS) is 15.0. The van der Waals surface area contributed by atoms with Gasteiger partial charge in [-0.15, -0.1) is 0 Å². The number of ether oxygens (including phenoxy) is 2. The summed E-state index contributed by atoms with van der Waals surface area (Å²) in [5.74, 6) is 0.525. The largest absolute Gasteiger partial charge is 0.417 e. The van der Waals surface area contributed by atoms with E-state index >= 15 is 0 Å². The number of hydrogen-bond donors (Lipinski definition) is 1. The van der Waals surface area contributed by atoms with Crippen molar-refractivity contribution in [2.24, 2.45) is 0 Å². The highest BCUT2D eigenvalue weighted by molar-refractivity contribution is 5.86. The molecule has 0 atom stereocenters. The van der Waals surface area contributed by atoms with Crippen LogP contribution in [0.1, 0.15) is 16.7 Å². The van der Waals surface area contributed by atoms with Gasteiger partial charge in [0.25, 0.3) is 0 Å². The summed E-state index contributed by atoms with van der Waals surface area (Å²) in [6.07, 6.45) is -0.480. The Hall–Kier alpha value is -2.37. The third-order valence-corrected chi connectivity index (χ3v) is 4.47. The van der Waals surface area contributed by atoms with Crippen LogP contribution in [0.2, 0.25) is 0 Å². The van der Waals surface area contributed by atoms with Crippen molar-refractivity contribution in [1.82, 2.24) is 4.90 Å². The third kappa shape index (κ3) is 4.81. The van der Waals surface area contributed by atoms with Gasteiger partial charge in [0.1, 0.15) is 5.75 Å². The summed E-state index contributed by atoms with van der Waals surface area (Å²) in [5.41, 5.74) is 4.39. The first-order valence-corrected chi connectivity index (χ1v) is 8.56. The molecule has 0 saturated carbocycles. The van der Waals surface area contributed by atoms with E-state index in [1.807, 2.05) is 30.3 Å². The Morgan fingerprint density at radius 2 is 1.88 bits per heavy atom. The molecule has 1 saturated heterocycles. The molecule has 2 aromatic carbocycles. The van der Waals surface area contributed by atoms with Crippen LogP contribution < -0.4 is 10.1 Å². The van der Waals surface area contributed by atoms with E-state index in [2.05, 4.69) is 24.1 Å². The van der Waals surface area contributed by atoms with E-state index in [1.165, 1.54) is 11.1 Å². The van der Waals surface area contributed by atoms with E-state index < -0.39 is 6.09 Å². The maximum absolute atomic E-state index is 12.1. The van der Waals surface area contributed by atoms with Gasteiger partial charge in [-0.25, -0.2) is 4.79 Å². The summed E-state index contributed by atoms with van der Waals surface area (Å²) in [6.45, 7) is 8.47. The Kier molecular flexibility index (Phi) is 5.68. The Bertz CT molecular complexity index is 725. The van der Waals surface area contributed by atoms with Crippen LogP contribution in [0.3, 0.4) is 0 Å². The number of aryl methyl sites for hydroxylation is 1. The molecule has 0 spiro atoms. The molecular weight excluding hydrogens is 316 g/mol. The second kappa shape index (κ2) is 8.14. The SMILES string of the molecule is Cc1cc(NC(=O)Oc2ccccc2)cc(CN2CCOCC2)c1C. The van der Waals surface area contributed by atoms with Crippen molar-refractivity contribution in [3.05, 3.63) is 59.2 Å². The van der Waals surface area contributed by atoms with Crippen molar-refractivity contribution in [1.29, 1.82) is 0 Å². The summed E-state index contributed by atoms with van der Waals surface area (Å²) >= 11 is 0. The third-order valence-electron chi connectivity index (χ3n) is 4.47. The number of benzene rings is 2. The van der Waals surface area contributed by atoms with Gasteiger partial charge in [-0.1, -0.05) is 18.2 Å². The minimum atomic E-state index is -0.480. The molecule has 3 rings (SSSR count). The van der Waals surface area contributed by atoms with E-state index in [9.17, 15) is 4.79 Å². The van der Waals surface area contributed by atoms with Crippen molar-refractivity contribution in [2.45, 2.75) is 20.4 Å². The smallest absolute Gasteiger partial charge is 0.410 e. The summed E-state index contributed by atoms with van der Waals surface area (Å²) in [4.78, 5) is 14.5. The van der Waals surface area contributed by atoms with Crippen LogP contribution in [-0.2, 0) is 11.3 Å². The lowest BCUT2D eigenvalue weighted by Gasteiger charge is -2.27. The number of carbonyl (C=O) groups excluding carboxylic acids is 1. The Balaban J connectivity index is 1.69. The van der Waals surface area contributed by atoms with Crippen LogP contribution in [-0.4, -0.2) is 37.3 Å². The maximum Gasteiger partial charge on any atom is 0.417 e. The highest BCUT2D eigenvalue weighted by Gasteiger charge is 2.14. The summed E-state index contributed by atoms with van der Waals surface area (Å²) in [7, 11) is 0. The average molecular weight is 340 g/mol. The minimum absolute atomic E-state index is 0.480. The molecule has 0 aromatic heterocycles. The van der Waals surface area contributed by atoms with E-state index in [1.54, 1.807) is 12.1 Å². The Morgan fingerprint density at radius 1 is 1.16 bits per heavy atom. The standard InChI is InChI=1S/C20H24N2O3/c1-15-12-18(21-20(23)25-19-6-4-3-5-7-19)13-17(16(15)2)14-22-8-10-24-11-9-22/h3-7,12-13H,8-11,14H2,1-2H3,(H,21,23). The second-order valence-corrected chi connectivity index (χ2v) is 6.29. The number of carbonyl (C=O) groups is 1. The zero-order valence-corrected chi connectivity index (χ0v) is 14.7. The molecule has 1 aliphatic heterocycles. The fourth-order valence-corrected chi connectivity index (χ4v) is 2.91. The minimum Gasteiger partial charge on any atom is -0.410 e. The van der Waals surface area contributed by atoms with Crippen molar-refractivity contribution in [2.75, 3.05) is 31.6 Å². The number of morpholine rings is 1. The van der Waals surface area contributed by atoms with Gasteiger partial charge < -0.3 is 9.47 Å². The lowest BCUT2D eigenvalue weighted by Crippen LogP contribution is -2.35. The summed E-state index contributed by atoms with van der Waals surface area (Å²) in [5, 5.41) is 2.83. The molecule has 2 aromatic rings. The van der Waals surface area contributed by atoms with Crippen molar-refractivity contribution in [3.8, 4) is 5.75 Å². The van der Waals surface area contributed by atoms with Gasteiger partial charge in [-0.05, 0) is 54.8 Å². The molecule has 1 N–H and O–H groups in total. The number of para-hydroxylation sites is 1. The van der Waals surface area contributed by atoms with Gasteiger partial charge in [-0.2, -0.15) is 0 Å². The molecule has 0 bridgehead atoms. The zero-order chi connectivity index (χ0) is 17.6. The lowest BCUT2D eigenvalue weighted by atomic mass is 10.0. The quantitative estimate of drug-likeness (QED) is 0.921. The number of hydrogen-bond acceptors (Lipinski definition) is 4. The van der Waals surface area contributed by atoms with Crippen LogP contribution in [0.15, 0.2) is 42.5 Å². The fraction of sp³-hybridized carbons (Fsp3) is 0.350. The molecule has 5 heteroatoms. The topological polar surface area (TPSA) is 50.8 Å². The molecule has 132 valence electrons. The van der Waals surface area contributed by atoms with Crippen molar-refractivity contribution < 1.29 is 14.3 Å². The molecule has 0 radical (unpaired) electrons. The first-order chi connectivity index (χ1) is 12.1. The first kappa shape index (κ1) is 17.5. The van der Waals surface area contributed by atoms with Gasteiger partial charge in [0.05, 0.1) is 13.2 Å². The second-order valence-electron chi connectivity index (χ2n) is 6.29. The number of nitrogens with one attached hydrogen (secondary N) is 1. The monoisotopic (exact) mass is 340 g/mol. The summed E-state index contributed by atoms with van der Waals surface area (Å²) in [6, 6.07) is 13.1. The predicted octanol–water partition coefficient (Wildman–Crippen LogP) is 3.75. The molecule has 1 amide bonds. The van der Waals surface area contributed by atoms with E-state index in [0.717, 1.165) is 44.1 Å². The molecule has 5 nitrogen and oxygen atoms in total. The van der Waals surface area contributed by atoms with E-state index in [-0.39, 0.29) is 0 Å². The number of amides is 1. The van der Waals surface area contributed by atoms with Crippen molar-refractivity contribution >= 4 is 11.8 Å². The van der Waals surface area contributed by atoms with Gasteiger partial charge in [0.15, 0.2) is 0 Å². The van der Waals surface area contributed by atoms with Crippen LogP contribution in [0.25, 0.3) is 0 Å². The molecule has 1 aliphatic rings. The van der Waals surface area contributed by atoms with Gasteiger partial charge in [0.2, 0.25) is 0 Å². The van der Waals surface area contributed by atoms with Gasteiger partial charge in [0, 0.05) is 25.3 Å². The van der Waals surface area contributed by atoms with Crippen molar-refractivity contribution in [3.63, 3.8) is 0 Å². The van der Waals surface area contributed by atoms with E-state index in [0.29, 0.717) is 5.75 Å². The number of anilines is 1. The Morgan fingerprint density at radius 3 is 2.60 bits per heavy atom. The lowest BCUT2D eigenvalue weighted by molar-refractivity contribution is 0.0341. The zero-order valence-electron chi connectivity index (χ0n) is 14.7. The fourth-order valence-electron chi connectivity index (χ4n) is 2.91. The highest BCUT2D eigenvalue weighted by atomic mass is 16.6. The molecule has 1 heterocycles. The van der Waals surface area contributed by atoms with Gasteiger partial charge >= 0.3 is 6.09 Å². The van der Waals surface area contributed by atoms with Crippen LogP contribution >= 0.6 is 0 Å². The van der Waals surface area contributed by atoms with Crippen LogP contribution in [0.5, 0.6) is 5.75 Å². The molecule has 25 heavy (non-hydrogen) atoms. The highest BCUT2D eigenvalue weighted by Crippen LogP contribution is 2.22. The molecule has 0 aliphatic carbocycles. The van der Waals surface area contributed by atoms with Crippen LogP contribution in [0.4, 0.5) is 10.5 Å². The number of rotatable bonds is 4. The Labute approximate surface area is 148 Å². The van der Waals surface area contributed by atoms with Gasteiger partial charge in [-0.3, -0.25) is 10.2 Å². The summed E-state index contributed by atoms with van der Waals surface area (Å²) < 4.78 is 10.7. The van der Waals surface area contributed by atoms with E-state index in [4.69, 9.17) is 9.47 Å². The predicted molar refractivity (Wildman–Crippen MR) is 98.1 cm³/mol.